The van der Waals surface area contributed by atoms with Gasteiger partial charge in [0.2, 0.25) is 5.88 Å². The number of rotatable bonds is 5. The van der Waals surface area contributed by atoms with Gasteiger partial charge in [-0.05, 0) is 37.1 Å². The van der Waals surface area contributed by atoms with E-state index in [-0.39, 0.29) is 6.04 Å². The Morgan fingerprint density at radius 3 is 2.95 bits per heavy atom. The summed E-state index contributed by atoms with van der Waals surface area (Å²) in [5.74, 6) is 0.891. The highest BCUT2D eigenvalue weighted by Crippen LogP contribution is 2.39. The van der Waals surface area contributed by atoms with Gasteiger partial charge in [-0.3, -0.25) is 4.98 Å². The molecule has 0 bridgehead atoms. The van der Waals surface area contributed by atoms with Gasteiger partial charge in [0.25, 0.3) is 0 Å². The number of hydrogen-bond donors (Lipinski definition) is 1. The van der Waals surface area contributed by atoms with Gasteiger partial charge in [0.15, 0.2) is 0 Å². The number of nitrogens with one attached hydrogen (secondary N) is 1. The first kappa shape index (κ1) is 13.9. The molecule has 110 valence electrons. The van der Waals surface area contributed by atoms with E-state index in [9.17, 15) is 0 Å². The topological polar surface area (TPSA) is 59.9 Å². The zero-order chi connectivity index (χ0) is 14.7. The lowest BCUT2D eigenvalue weighted by atomic mass is 9.94. The molecule has 0 aromatic carbocycles. The Balaban J connectivity index is 1.91. The first-order valence-corrected chi connectivity index (χ1v) is 7.38. The molecule has 0 radical (unpaired) electrons. The highest BCUT2D eigenvalue weighted by molar-refractivity contribution is 5.32. The number of likely N-dealkylation sites (N-methyl/N-ethyl adjacent to an activating group) is 1. The van der Waals surface area contributed by atoms with Crippen LogP contribution in [-0.4, -0.2) is 28.8 Å². The van der Waals surface area contributed by atoms with Crippen molar-refractivity contribution >= 4 is 0 Å². The van der Waals surface area contributed by atoms with Crippen molar-refractivity contribution in [1.82, 2.24) is 20.5 Å². The number of hydrogen-bond acceptors (Lipinski definition) is 5. The predicted molar refractivity (Wildman–Crippen MR) is 80.3 cm³/mol. The molecule has 1 aliphatic carbocycles. The number of nitrogens with zero attached hydrogens (tertiary/aromatic N) is 3. The van der Waals surface area contributed by atoms with Crippen molar-refractivity contribution in [2.75, 3.05) is 13.7 Å². The number of fused-ring (bicyclic) bond motifs is 1. The lowest BCUT2D eigenvalue weighted by Crippen LogP contribution is -2.27. The molecule has 0 fully saturated rings. The van der Waals surface area contributed by atoms with Gasteiger partial charge in [-0.15, -0.1) is 5.10 Å². The van der Waals surface area contributed by atoms with E-state index >= 15 is 0 Å². The first-order chi connectivity index (χ1) is 10.3. The second-order valence-electron chi connectivity index (χ2n) is 5.23. The van der Waals surface area contributed by atoms with Crippen LogP contribution in [0.4, 0.5) is 0 Å². The highest BCUT2D eigenvalue weighted by Gasteiger charge is 2.32. The SMILES string of the molecule is CCNC(c1ccc(OC)nn1)C1CCc2cccnc21. The molecule has 0 saturated carbocycles. The Labute approximate surface area is 124 Å². The summed E-state index contributed by atoms with van der Waals surface area (Å²) in [5.41, 5.74) is 3.49. The Morgan fingerprint density at radius 1 is 1.33 bits per heavy atom. The van der Waals surface area contributed by atoms with Crippen LogP contribution in [0.5, 0.6) is 5.88 Å². The molecule has 0 amide bonds. The highest BCUT2D eigenvalue weighted by atomic mass is 16.5. The van der Waals surface area contributed by atoms with E-state index in [2.05, 4.69) is 33.5 Å². The zero-order valence-corrected chi connectivity index (χ0v) is 12.4. The maximum Gasteiger partial charge on any atom is 0.233 e. The summed E-state index contributed by atoms with van der Waals surface area (Å²) in [6, 6.07) is 8.17. The standard InChI is InChI=1S/C16H20N4O/c1-3-17-16(13-8-9-14(21-2)20-19-13)12-7-6-11-5-4-10-18-15(11)12/h4-5,8-10,12,16-17H,3,6-7H2,1-2H3. The molecule has 0 spiro atoms. The van der Waals surface area contributed by atoms with Crippen LogP contribution in [0.25, 0.3) is 0 Å². The molecular weight excluding hydrogens is 264 g/mol. The monoisotopic (exact) mass is 284 g/mol. The van der Waals surface area contributed by atoms with Crippen molar-refractivity contribution in [3.05, 3.63) is 47.4 Å². The molecule has 2 aromatic rings. The fraction of sp³-hybridized carbons (Fsp3) is 0.438. The van der Waals surface area contributed by atoms with E-state index < -0.39 is 0 Å². The average Bonchev–Trinajstić information content (AvgIpc) is 2.97. The lowest BCUT2D eigenvalue weighted by Gasteiger charge is -2.23. The molecule has 2 unspecified atom stereocenters. The van der Waals surface area contributed by atoms with E-state index in [1.165, 1.54) is 11.3 Å². The number of ether oxygens (including phenoxy) is 1. The Kier molecular flexibility index (Phi) is 4.10. The quantitative estimate of drug-likeness (QED) is 0.912. The summed E-state index contributed by atoms with van der Waals surface area (Å²) in [6.07, 6.45) is 4.05. The molecule has 1 N–H and O–H groups in total. The molecule has 0 aliphatic heterocycles. The van der Waals surface area contributed by atoms with Crippen LogP contribution in [0.1, 0.15) is 42.3 Å². The zero-order valence-electron chi connectivity index (χ0n) is 12.4. The summed E-state index contributed by atoms with van der Waals surface area (Å²) < 4.78 is 5.08. The average molecular weight is 284 g/mol. The molecule has 0 saturated heterocycles. The van der Waals surface area contributed by atoms with Crippen LogP contribution in [0, 0.1) is 0 Å². The van der Waals surface area contributed by atoms with E-state index in [1.54, 1.807) is 7.11 Å². The van der Waals surface area contributed by atoms with Crippen molar-refractivity contribution in [1.29, 1.82) is 0 Å². The summed E-state index contributed by atoms with van der Waals surface area (Å²) in [7, 11) is 1.60. The summed E-state index contributed by atoms with van der Waals surface area (Å²) in [4.78, 5) is 4.59. The van der Waals surface area contributed by atoms with Gasteiger partial charge in [0, 0.05) is 23.9 Å². The maximum absolute atomic E-state index is 5.08. The molecule has 5 heteroatoms. The third kappa shape index (κ3) is 2.74. The second kappa shape index (κ2) is 6.18. The number of aromatic nitrogens is 3. The summed E-state index contributed by atoms with van der Waals surface area (Å²) >= 11 is 0. The van der Waals surface area contributed by atoms with Crippen molar-refractivity contribution in [2.45, 2.75) is 31.7 Å². The van der Waals surface area contributed by atoms with Crippen LogP contribution < -0.4 is 10.1 Å². The minimum absolute atomic E-state index is 0.143. The van der Waals surface area contributed by atoms with Crippen molar-refractivity contribution in [2.24, 2.45) is 0 Å². The first-order valence-electron chi connectivity index (χ1n) is 7.38. The largest absolute Gasteiger partial charge is 0.480 e. The van der Waals surface area contributed by atoms with Gasteiger partial charge < -0.3 is 10.1 Å². The van der Waals surface area contributed by atoms with Crippen molar-refractivity contribution in [3.8, 4) is 5.88 Å². The fourth-order valence-corrected chi connectivity index (χ4v) is 3.05. The van der Waals surface area contributed by atoms with E-state index in [0.29, 0.717) is 11.8 Å². The van der Waals surface area contributed by atoms with Gasteiger partial charge in [-0.2, -0.15) is 5.10 Å². The van der Waals surface area contributed by atoms with E-state index in [1.807, 2.05) is 24.4 Å². The van der Waals surface area contributed by atoms with Gasteiger partial charge in [-0.1, -0.05) is 13.0 Å². The summed E-state index contributed by atoms with van der Waals surface area (Å²) in [5, 5.41) is 12.0. The number of pyridine rings is 1. The van der Waals surface area contributed by atoms with E-state index in [0.717, 1.165) is 25.1 Å². The maximum atomic E-state index is 5.08. The molecule has 21 heavy (non-hydrogen) atoms. The van der Waals surface area contributed by atoms with Gasteiger partial charge >= 0.3 is 0 Å². The van der Waals surface area contributed by atoms with Crippen LogP contribution in [0.15, 0.2) is 30.5 Å². The third-order valence-corrected chi connectivity index (χ3v) is 4.02. The van der Waals surface area contributed by atoms with Crippen molar-refractivity contribution in [3.63, 3.8) is 0 Å². The minimum Gasteiger partial charge on any atom is -0.480 e. The van der Waals surface area contributed by atoms with Crippen molar-refractivity contribution < 1.29 is 4.74 Å². The van der Waals surface area contributed by atoms with Gasteiger partial charge in [0.1, 0.15) is 0 Å². The number of aryl methyl sites for hydroxylation is 1. The molecular formula is C16H20N4O. The van der Waals surface area contributed by atoms with Crippen LogP contribution in [0.3, 0.4) is 0 Å². The van der Waals surface area contributed by atoms with Crippen LogP contribution in [0.2, 0.25) is 0 Å². The molecule has 3 rings (SSSR count). The Bertz CT molecular complexity index is 599. The Hall–Kier alpha value is -2.01. The second-order valence-corrected chi connectivity index (χ2v) is 5.23. The molecule has 2 atom stereocenters. The minimum atomic E-state index is 0.143. The molecule has 5 nitrogen and oxygen atoms in total. The van der Waals surface area contributed by atoms with E-state index in [4.69, 9.17) is 4.74 Å². The normalized spacial score (nSPS) is 18.3. The van der Waals surface area contributed by atoms with Gasteiger partial charge in [-0.25, -0.2) is 0 Å². The third-order valence-electron chi connectivity index (χ3n) is 4.02. The van der Waals surface area contributed by atoms with Crippen LogP contribution in [-0.2, 0) is 6.42 Å². The van der Waals surface area contributed by atoms with Gasteiger partial charge in [0.05, 0.1) is 18.8 Å². The smallest absolute Gasteiger partial charge is 0.233 e. The molecule has 2 aromatic heterocycles. The number of methoxy groups -OCH3 is 1. The fourth-order valence-electron chi connectivity index (χ4n) is 3.05. The lowest BCUT2D eigenvalue weighted by molar-refractivity contribution is 0.385. The van der Waals surface area contributed by atoms with Crippen LogP contribution >= 0.6 is 0 Å². The predicted octanol–water partition coefficient (Wildman–Crippen LogP) is 2.26. The molecule has 2 heterocycles. The summed E-state index contributed by atoms with van der Waals surface area (Å²) in [6.45, 7) is 3.00. The Morgan fingerprint density at radius 2 is 2.24 bits per heavy atom. The molecule has 1 aliphatic rings.